The van der Waals surface area contributed by atoms with Crippen molar-refractivity contribution in [1.29, 1.82) is 0 Å². The monoisotopic (exact) mass is 240 g/mol. The maximum atomic E-state index is 13.4. The predicted molar refractivity (Wildman–Crippen MR) is 62.9 cm³/mol. The van der Waals surface area contributed by atoms with Gasteiger partial charge in [0.15, 0.2) is 0 Å². The van der Waals surface area contributed by atoms with Crippen LogP contribution < -0.4 is 11.1 Å². The number of aliphatic hydroxyl groups is 1. The fourth-order valence-electron chi connectivity index (χ4n) is 1.44. The molecule has 4 nitrogen and oxygen atoms in total. The molecule has 1 amide bonds. The Morgan fingerprint density at radius 3 is 2.88 bits per heavy atom. The van der Waals surface area contributed by atoms with Crippen LogP contribution in [0.2, 0.25) is 0 Å². The van der Waals surface area contributed by atoms with Crippen LogP contribution in [0.25, 0.3) is 0 Å². The largest absolute Gasteiger partial charge is 0.396 e. The Bertz CT molecular complexity index is 396. The molecule has 0 aliphatic carbocycles. The number of rotatable bonds is 6. The number of halogens is 1. The van der Waals surface area contributed by atoms with Gasteiger partial charge in [-0.1, -0.05) is 0 Å². The quantitative estimate of drug-likeness (QED) is 0.688. The highest BCUT2D eigenvalue weighted by Gasteiger charge is 2.08. The van der Waals surface area contributed by atoms with E-state index < -0.39 is 5.91 Å². The van der Waals surface area contributed by atoms with E-state index in [1.54, 1.807) is 0 Å². The fraction of sp³-hybridized carbons (Fsp3) is 0.417. The number of nitrogens with two attached hydrogens (primary N) is 1. The molecule has 0 saturated heterocycles. The van der Waals surface area contributed by atoms with Gasteiger partial charge in [-0.25, -0.2) is 4.39 Å². The molecule has 0 heterocycles. The zero-order valence-corrected chi connectivity index (χ0v) is 9.74. The van der Waals surface area contributed by atoms with Crippen molar-refractivity contribution in [2.24, 2.45) is 5.73 Å². The average Bonchev–Trinajstić information content (AvgIpc) is 2.28. The molecule has 0 fully saturated rings. The van der Waals surface area contributed by atoms with E-state index >= 15 is 0 Å². The van der Waals surface area contributed by atoms with Crippen molar-refractivity contribution in [2.45, 2.75) is 25.9 Å². The Hall–Kier alpha value is -1.46. The molecule has 0 aliphatic heterocycles. The molecule has 17 heavy (non-hydrogen) atoms. The maximum absolute atomic E-state index is 13.4. The second-order valence-electron chi connectivity index (χ2n) is 3.96. The zero-order valence-electron chi connectivity index (χ0n) is 9.74. The molecule has 4 N–H and O–H groups in total. The van der Waals surface area contributed by atoms with Crippen molar-refractivity contribution in [3.8, 4) is 0 Å². The Balaban J connectivity index is 2.69. The van der Waals surface area contributed by atoms with E-state index in [1.165, 1.54) is 18.2 Å². The van der Waals surface area contributed by atoms with E-state index in [9.17, 15) is 9.18 Å². The minimum atomic E-state index is -0.574. The number of hydrogen-bond donors (Lipinski definition) is 3. The van der Waals surface area contributed by atoms with Gasteiger partial charge in [0.2, 0.25) is 5.91 Å². The molecule has 0 aliphatic rings. The number of hydrogen-bond acceptors (Lipinski definition) is 3. The number of carbonyl (C=O) groups is 1. The summed E-state index contributed by atoms with van der Waals surface area (Å²) in [5.74, 6) is -0.951. The highest BCUT2D eigenvalue weighted by Crippen LogP contribution is 2.10. The minimum Gasteiger partial charge on any atom is -0.396 e. The van der Waals surface area contributed by atoms with E-state index in [4.69, 9.17) is 10.8 Å². The van der Waals surface area contributed by atoms with Gasteiger partial charge in [0, 0.05) is 30.3 Å². The third-order valence-electron chi connectivity index (χ3n) is 2.53. The van der Waals surface area contributed by atoms with Gasteiger partial charge in [0.25, 0.3) is 0 Å². The first-order valence-corrected chi connectivity index (χ1v) is 5.47. The summed E-state index contributed by atoms with van der Waals surface area (Å²) in [5, 5.41) is 11.8. The van der Waals surface area contributed by atoms with Crippen LogP contribution in [0.5, 0.6) is 0 Å². The Labute approximate surface area is 99.6 Å². The number of aliphatic hydroxyl groups excluding tert-OH is 1. The SMILES string of the molecule is CC(CCO)NCc1cc(C(N)=O)ccc1F. The van der Waals surface area contributed by atoms with Crippen LogP contribution in [0, 0.1) is 5.82 Å². The van der Waals surface area contributed by atoms with Crippen LogP contribution in [-0.2, 0) is 6.54 Å². The first-order valence-electron chi connectivity index (χ1n) is 5.47. The summed E-state index contributed by atoms with van der Waals surface area (Å²) in [6.45, 7) is 2.28. The highest BCUT2D eigenvalue weighted by molar-refractivity contribution is 5.92. The minimum absolute atomic E-state index is 0.0802. The third kappa shape index (κ3) is 4.13. The van der Waals surface area contributed by atoms with Crippen molar-refractivity contribution in [3.05, 3.63) is 35.1 Å². The molecule has 0 aromatic heterocycles. The van der Waals surface area contributed by atoms with Crippen molar-refractivity contribution < 1.29 is 14.3 Å². The van der Waals surface area contributed by atoms with Crippen LogP contribution in [0.4, 0.5) is 4.39 Å². The highest BCUT2D eigenvalue weighted by atomic mass is 19.1. The number of nitrogens with one attached hydrogen (secondary N) is 1. The van der Waals surface area contributed by atoms with Crippen LogP contribution >= 0.6 is 0 Å². The normalized spacial score (nSPS) is 12.4. The summed E-state index contributed by atoms with van der Waals surface area (Å²) < 4.78 is 13.4. The second kappa shape index (κ2) is 6.32. The molecule has 1 unspecified atom stereocenters. The summed E-state index contributed by atoms with van der Waals surface area (Å²) in [4.78, 5) is 11.0. The lowest BCUT2D eigenvalue weighted by molar-refractivity contribution is 0.1000. The fourth-order valence-corrected chi connectivity index (χ4v) is 1.44. The molecular formula is C12H17FN2O2. The first-order chi connectivity index (χ1) is 8.04. The van der Waals surface area contributed by atoms with Gasteiger partial charge < -0.3 is 16.2 Å². The van der Waals surface area contributed by atoms with E-state index in [0.29, 0.717) is 18.5 Å². The molecule has 0 spiro atoms. The van der Waals surface area contributed by atoms with Crippen LogP contribution in [0.15, 0.2) is 18.2 Å². The van der Waals surface area contributed by atoms with Crippen LogP contribution in [0.3, 0.4) is 0 Å². The molecule has 1 atom stereocenters. The Morgan fingerprint density at radius 2 is 2.29 bits per heavy atom. The molecule has 94 valence electrons. The lowest BCUT2D eigenvalue weighted by atomic mass is 10.1. The van der Waals surface area contributed by atoms with Gasteiger partial charge in [-0.15, -0.1) is 0 Å². The third-order valence-corrected chi connectivity index (χ3v) is 2.53. The molecule has 1 rings (SSSR count). The van der Waals surface area contributed by atoms with Crippen LogP contribution in [-0.4, -0.2) is 23.7 Å². The topological polar surface area (TPSA) is 75.3 Å². The van der Waals surface area contributed by atoms with Crippen molar-refractivity contribution >= 4 is 5.91 Å². The van der Waals surface area contributed by atoms with Gasteiger partial charge in [-0.05, 0) is 31.5 Å². The molecule has 1 aromatic carbocycles. The van der Waals surface area contributed by atoms with Crippen molar-refractivity contribution in [2.75, 3.05) is 6.61 Å². The Kier molecular flexibility index (Phi) is 5.06. The summed E-state index contributed by atoms with van der Waals surface area (Å²) in [7, 11) is 0. The van der Waals surface area contributed by atoms with E-state index in [1.807, 2.05) is 6.92 Å². The van der Waals surface area contributed by atoms with Gasteiger partial charge >= 0.3 is 0 Å². The zero-order chi connectivity index (χ0) is 12.8. The molecule has 0 bridgehead atoms. The maximum Gasteiger partial charge on any atom is 0.248 e. The molecular weight excluding hydrogens is 223 g/mol. The smallest absolute Gasteiger partial charge is 0.248 e. The summed E-state index contributed by atoms with van der Waals surface area (Å²) in [5.41, 5.74) is 5.81. The molecule has 0 saturated carbocycles. The predicted octanol–water partition coefficient (Wildman–Crippen LogP) is 0.785. The second-order valence-corrected chi connectivity index (χ2v) is 3.96. The Morgan fingerprint density at radius 1 is 1.59 bits per heavy atom. The van der Waals surface area contributed by atoms with E-state index in [-0.39, 0.29) is 24.0 Å². The standard InChI is InChI=1S/C12H17FN2O2/c1-8(4-5-16)15-7-10-6-9(12(14)17)2-3-11(10)13/h2-3,6,8,15-16H,4-5,7H2,1H3,(H2,14,17). The lowest BCUT2D eigenvalue weighted by Gasteiger charge is -2.13. The first kappa shape index (κ1) is 13.6. The lowest BCUT2D eigenvalue weighted by Crippen LogP contribution is -2.27. The van der Waals surface area contributed by atoms with Crippen molar-refractivity contribution in [1.82, 2.24) is 5.32 Å². The van der Waals surface area contributed by atoms with E-state index in [0.717, 1.165) is 0 Å². The average molecular weight is 240 g/mol. The summed E-state index contributed by atoms with van der Waals surface area (Å²) in [6, 6.07) is 4.11. The van der Waals surface area contributed by atoms with Crippen molar-refractivity contribution in [3.63, 3.8) is 0 Å². The van der Waals surface area contributed by atoms with Gasteiger partial charge in [0.05, 0.1) is 0 Å². The number of primary amides is 1. The molecule has 1 aromatic rings. The van der Waals surface area contributed by atoms with Crippen LogP contribution in [0.1, 0.15) is 29.3 Å². The summed E-state index contributed by atoms with van der Waals surface area (Å²) in [6.07, 6.45) is 0.594. The van der Waals surface area contributed by atoms with Gasteiger partial charge in [0.1, 0.15) is 5.82 Å². The van der Waals surface area contributed by atoms with Gasteiger partial charge in [-0.2, -0.15) is 0 Å². The summed E-state index contributed by atoms with van der Waals surface area (Å²) >= 11 is 0. The van der Waals surface area contributed by atoms with E-state index in [2.05, 4.69) is 5.32 Å². The number of carbonyl (C=O) groups excluding carboxylic acids is 1. The number of amides is 1. The molecule has 0 radical (unpaired) electrons. The molecule has 5 heteroatoms. The number of benzene rings is 1. The van der Waals surface area contributed by atoms with Gasteiger partial charge in [-0.3, -0.25) is 4.79 Å².